The molecule has 0 radical (unpaired) electrons. The summed E-state index contributed by atoms with van der Waals surface area (Å²) in [7, 11) is 0. The molecule has 22 heavy (non-hydrogen) atoms. The zero-order valence-electron chi connectivity index (χ0n) is 13.1. The summed E-state index contributed by atoms with van der Waals surface area (Å²) < 4.78 is 16.1. The van der Waals surface area contributed by atoms with Crippen molar-refractivity contribution in [1.82, 2.24) is 5.32 Å². The van der Waals surface area contributed by atoms with Gasteiger partial charge < -0.3 is 19.5 Å². The first-order chi connectivity index (χ1) is 10.7. The van der Waals surface area contributed by atoms with Gasteiger partial charge in [0.2, 0.25) is 6.79 Å². The van der Waals surface area contributed by atoms with Gasteiger partial charge in [0.1, 0.15) is 0 Å². The van der Waals surface area contributed by atoms with Crippen LogP contribution in [0, 0.1) is 5.92 Å². The van der Waals surface area contributed by atoms with Crippen molar-refractivity contribution < 1.29 is 19.0 Å². The average molecular weight is 305 g/mol. The number of ether oxygens (including phenoxy) is 3. The lowest BCUT2D eigenvalue weighted by atomic mass is 9.84. The summed E-state index contributed by atoms with van der Waals surface area (Å²) in [6.45, 7) is 5.46. The van der Waals surface area contributed by atoms with Crippen molar-refractivity contribution in [3.8, 4) is 11.5 Å². The summed E-state index contributed by atoms with van der Waals surface area (Å²) in [5.74, 6) is 1.41. The maximum Gasteiger partial charge on any atom is 0.311 e. The third-order valence-corrected chi connectivity index (χ3v) is 4.45. The standard InChI is InChI=1S/C17H23NO4/c1-3-5-13-16(17(19)20-4-2)12(9-18-13)11-6-7-14-15(8-11)22-10-21-14/h6-8,12-13,16,18H,3-5,9-10H2,1-2H3/t12-,13-,16+/m1/s1. The van der Waals surface area contributed by atoms with Crippen LogP contribution in [0.1, 0.15) is 38.2 Å². The highest BCUT2D eigenvalue weighted by atomic mass is 16.7. The number of nitrogens with one attached hydrogen (secondary N) is 1. The number of rotatable bonds is 5. The minimum atomic E-state index is -0.139. The average Bonchev–Trinajstić information content (AvgIpc) is 3.13. The van der Waals surface area contributed by atoms with Crippen LogP contribution in [0.3, 0.4) is 0 Å². The van der Waals surface area contributed by atoms with Gasteiger partial charge in [-0.1, -0.05) is 19.4 Å². The van der Waals surface area contributed by atoms with Gasteiger partial charge in [0.25, 0.3) is 0 Å². The Labute approximate surface area is 130 Å². The fourth-order valence-electron chi connectivity index (χ4n) is 3.44. The van der Waals surface area contributed by atoms with Gasteiger partial charge in [-0.2, -0.15) is 0 Å². The summed E-state index contributed by atoms with van der Waals surface area (Å²) in [4.78, 5) is 12.4. The molecule has 0 aromatic heterocycles. The molecule has 1 fully saturated rings. The van der Waals surface area contributed by atoms with Gasteiger partial charge in [-0.25, -0.2) is 0 Å². The highest BCUT2D eigenvalue weighted by molar-refractivity contribution is 5.75. The number of fused-ring (bicyclic) bond motifs is 1. The maximum absolute atomic E-state index is 12.4. The molecule has 0 bridgehead atoms. The predicted octanol–water partition coefficient (Wildman–Crippen LogP) is 2.45. The molecule has 0 amide bonds. The summed E-state index contributed by atoms with van der Waals surface area (Å²) in [5, 5.41) is 3.49. The Bertz CT molecular complexity index is 545. The van der Waals surface area contributed by atoms with Crippen LogP contribution in [0.5, 0.6) is 11.5 Å². The molecule has 0 saturated carbocycles. The van der Waals surface area contributed by atoms with Crippen molar-refractivity contribution in [2.75, 3.05) is 19.9 Å². The molecule has 2 aliphatic rings. The Morgan fingerprint density at radius 3 is 2.91 bits per heavy atom. The molecule has 2 aliphatic heterocycles. The van der Waals surface area contributed by atoms with Crippen molar-refractivity contribution in [2.45, 2.75) is 38.6 Å². The van der Waals surface area contributed by atoms with Crippen LogP contribution in [-0.2, 0) is 9.53 Å². The molecule has 0 unspecified atom stereocenters. The van der Waals surface area contributed by atoms with E-state index in [0.717, 1.165) is 36.4 Å². The van der Waals surface area contributed by atoms with Crippen LogP contribution < -0.4 is 14.8 Å². The molecule has 1 aromatic carbocycles. The fourth-order valence-corrected chi connectivity index (χ4v) is 3.44. The summed E-state index contributed by atoms with van der Waals surface area (Å²) in [6, 6.07) is 6.13. The highest BCUT2D eigenvalue weighted by Gasteiger charge is 2.42. The monoisotopic (exact) mass is 305 g/mol. The molecule has 3 atom stereocenters. The normalized spacial score (nSPS) is 26.2. The molecule has 1 aromatic rings. The number of esters is 1. The number of carbonyl (C=O) groups is 1. The lowest BCUT2D eigenvalue weighted by Gasteiger charge is -2.22. The fraction of sp³-hybridized carbons (Fsp3) is 0.588. The van der Waals surface area contributed by atoms with Crippen LogP contribution in [0.4, 0.5) is 0 Å². The Morgan fingerprint density at radius 1 is 1.32 bits per heavy atom. The first kappa shape index (κ1) is 15.2. The first-order valence-electron chi connectivity index (χ1n) is 8.04. The lowest BCUT2D eigenvalue weighted by Crippen LogP contribution is -2.33. The van der Waals surface area contributed by atoms with Gasteiger partial charge >= 0.3 is 5.97 Å². The molecule has 3 rings (SSSR count). The van der Waals surface area contributed by atoms with E-state index >= 15 is 0 Å². The number of hydrogen-bond donors (Lipinski definition) is 1. The van der Waals surface area contributed by atoms with E-state index in [1.165, 1.54) is 0 Å². The topological polar surface area (TPSA) is 56.8 Å². The molecular weight excluding hydrogens is 282 g/mol. The second-order valence-corrected chi connectivity index (χ2v) is 5.80. The Balaban J connectivity index is 1.85. The maximum atomic E-state index is 12.4. The molecular formula is C17H23NO4. The van der Waals surface area contributed by atoms with E-state index in [2.05, 4.69) is 12.2 Å². The summed E-state index contributed by atoms with van der Waals surface area (Å²) >= 11 is 0. The van der Waals surface area contributed by atoms with E-state index in [1.807, 2.05) is 25.1 Å². The quantitative estimate of drug-likeness (QED) is 0.847. The van der Waals surface area contributed by atoms with Gasteiger partial charge in [0.05, 0.1) is 12.5 Å². The van der Waals surface area contributed by atoms with Crippen LogP contribution in [0.15, 0.2) is 18.2 Å². The van der Waals surface area contributed by atoms with Crippen LogP contribution >= 0.6 is 0 Å². The van der Waals surface area contributed by atoms with Gasteiger partial charge in [-0.05, 0) is 31.0 Å². The van der Waals surface area contributed by atoms with Gasteiger partial charge in [-0.15, -0.1) is 0 Å². The number of carbonyl (C=O) groups excluding carboxylic acids is 1. The number of benzene rings is 1. The van der Waals surface area contributed by atoms with Crippen LogP contribution in [-0.4, -0.2) is 32.0 Å². The lowest BCUT2D eigenvalue weighted by molar-refractivity contribution is -0.148. The van der Waals surface area contributed by atoms with E-state index in [1.54, 1.807) is 0 Å². The predicted molar refractivity (Wildman–Crippen MR) is 82.1 cm³/mol. The van der Waals surface area contributed by atoms with Crippen molar-refractivity contribution in [3.63, 3.8) is 0 Å². The van der Waals surface area contributed by atoms with E-state index in [0.29, 0.717) is 6.61 Å². The van der Waals surface area contributed by atoms with Crippen molar-refractivity contribution >= 4 is 5.97 Å². The largest absolute Gasteiger partial charge is 0.466 e. The summed E-state index contributed by atoms with van der Waals surface area (Å²) in [6.07, 6.45) is 2.02. The molecule has 0 spiro atoms. The van der Waals surface area contributed by atoms with Gasteiger partial charge in [0, 0.05) is 18.5 Å². The smallest absolute Gasteiger partial charge is 0.311 e. The van der Waals surface area contributed by atoms with Crippen molar-refractivity contribution in [1.29, 1.82) is 0 Å². The molecule has 5 nitrogen and oxygen atoms in total. The molecule has 1 saturated heterocycles. The van der Waals surface area contributed by atoms with E-state index < -0.39 is 0 Å². The molecule has 120 valence electrons. The number of hydrogen-bond acceptors (Lipinski definition) is 5. The van der Waals surface area contributed by atoms with Gasteiger partial charge in [0.15, 0.2) is 11.5 Å². The molecule has 1 N–H and O–H groups in total. The molecule has 5 heteroatoms. The summed E-state index contributed by atoms with van der Waals surface area (Å²) in [5.41, 5.74) is 1.11. The second kappa shape index (κ2) is 6.57. The Hall–Kier alpha value is -1.75. The van der Waals surface area contributed by atoms with E-state index in [4.69, 9.17) is 14.2 Å². The van der Waals surface area contributed by atoms with E-state index in [-0.39, 0.29) is 30.6 Å². The second-order valence-electron chi connectivity index (χ2n) is 5.80. The minimum absolute atomic E-state index is 0.103. The first-order valence-corrected chi connectivity index (χ1v) is 8.04. The Kier molecular flexibility index (Phi) is 4.52. The molecule has 0 aliphatic carbocycles. The van der Waals surface area contributed by atoms with Gasteiger partial charge in [-0.3, -0.25) is 4.79 Å². The highest BCUT2D eigenvalue weighted by Crippen LogP contribution is 2.40. The molecule has 2 heterocycles. The van der Waals surface area contributed by atoms with Crippen molar-refractivity contribution in [3.05, 3.63) is 23.8 Å². The zero-order valence-corrected chi connectivity index (χ0v) is 13.1. The van der Waals surface area contributed by atoms with Crippen LogP contribution in [0.25, 0.3) is 0 Å². The van der Waals surface area contributed by atoms with Crippen LogP contribution in [0.2, 0.25) is 0 Å². The third kappa shape index (κ3) is 2.77. The van der Waals surface area contributed by atoms with E-state index in [9.17, 15) is 4.79 Å². The Morgan fingerprint density at radius 2 is 2.14 bits per heavy atom. The van der Waals surface area contributed by atoms with Crippen molar-refractivity contribution in [2.24, 2.45) is 5.92 Å². The third-order valence-electron chi connectivity index (χ3n) is 4.45. The SMILES string of the molecule is CCC[C@H]1NC[C@H](c2ccc3c(c2)OCO3)[C@@H]1C(=O)OCC. The zero-order chi connectivity index (χ0) is 15.5. The minimum Gasteiger partial charge on any atom is -0.466 e.